The number of nitrogens with zero attached hydrogens (tertiary/aromatic N) is 4. The fourth-order valence-electron chi connectivity index (χ4n) is 1.40. The van der Waals surface area contributed by atoms with E-state index >= 15 is 0 Å². The molecule has 0 aliphatic rings. The molecule has 0 saturated carbocycles. The van der Waals surface area contributed by atoms with Gasteiger partial charge in [-0.1, -0.05) is 30.0 Å². The maximum absolute atomic E-state index is 11.4. The fraction of sp³-hybridized carbons (Fsp3) is 0. The van der Waals surface area contributed by atoms with Gasteiger partial charge in [0.2, 0.25) is 0 Å². The molecule has 0 amide bonds. The molecular weight excluding hydrogens is 238 g/mol. The summed E-state index contributed by atoms with van der Waals surface area (Å²) in [5, 5.41) is 14.6. The summed E-state index contributed by atoms with van der Waals surface area (Å²) in [6, 6.07) is 9.75. The molecule has 0 unspecified atom stereocenters. The smallest absolute Gasteiger partial charge is 0.246 e. The van der Waals surface area contributed by atoms with Crippen molar-refractivity contribution in [2.45, 2.75) is 9.92 Å². The lowest BCUT2D eigenvalue weighted by Gasteiger charge is -2.00. The molecule has 3 aromatic rings. The highest BCUT2D eigenvalue weighted by Gasteiger charge is 2.09. The number of hydrogen-bond donors (Lipinski definition) is 1. The summed E-state index contributed by atoms with van der Waals surface area (Å²) in [5.74, 6) is 0. The average molecular weight is 245 g/mol. The fourth-order valence-corrected chi connectivity index (χ4v) is 2.24. The molecule has 0 fully saturated rings. The van der Waals surface area contributed by atoms with Gasteiger partial charge < -0.3 is 0 Å². The third kappa shape index (κ3) is 1.80. The molecule has 17 heavy (non-hydrogen) atoms. The highest BCUT2D eigenvalue weighted by atomic mass is 32.2. The first-order chi connectivity index (χ1) is 8.34. The lowest BCUT2D eigenvalue weighted by Crippen LogP contribution is -2.17. The molecule has 3 rings (SSSR count). The van der Waals surface area contributed by atoms with Crippen molar-refractivity contribution in [1.82, 2.24) is 24.8 Å². The molecule has 2 heterocycles. The van der Waals surface area contributed by atoms with E-state index in [0.717, 1.165) is 4.90 Å². The van der Waals surface area contributed by atoms with Crippen LogP contribution in [0.4, 0.5) is 0 Å². The molecule has 6 nitrogen and oxygen atoms in total. The summed E-state index contributed by atoms with van der Waals surface area (Å²) in [7, 11) is 0. The van der Waals surface area contributed by atoms with E-state index < -0.39 is 0 Å². The number of benzene rings is 1. The van der Waals surface area contributed by atoms with Crippen LogP contribution in [0.2, 0.25) is 0 Å². The van der Waals surface area contributed by atoms with Gasteiger partial charge in [0.15, 0.2) is 10.7 Å². The van der Waals surface area contributed by atoms with Crippen molar-refractivity contribution < 1.29 is 0 Å². The number of hydrogen-bond acceptors (Lipinski definition) is 5. The molecule has 0 aliphatic heterocycles. The summed E-state index contributed by atoms with van der Waals surface area (Å²) in [4.78, 5) is 12.4. The van der Waals surface area contributed by atoms with Crippen LogP contribution in [-0.4, -0.2) is 24.8 Å². The zero-order valence-electron chi connectivity index (χ0n) is 8.57. The van der Waals surface area contributed by atoms with Gasteiger partial charge >= 0.3 is 5.69 Å². The third-order valence-electron chi connectivity index (χ3n) is 2.17. The maximum Gasteiger partial charge on any atom is 0.349 e. The van der Waals surface area contributed by atoms with Gasteiger partial charge in [0.05, 0.1) is 0 Å². The van der Waals surface area contributed by atoms with Gasteiger partial charge in [0.25, 0.3) is 0 Å². The minimum Gasteiger partial charge on any atom is -0.246 e. The minimum atomic E-state index is -0.345. The van der Waals surface area contributed by atoms with E-state index in [1.807, 2.05) is 30.3 Å². The summed E-state index contributed by atoms with van der Waals surface area (Å²) in [6.07, 6.45) is 1.37. The number of rotatable bonds is 2. The summed E-state index contributed by atoms with van der Waals surface area (Å²) >= 11 is 1.43. The van der Waals surface area contributed by atoms with Crippen molar-refractivity contribution in [3.63, 3.8) is 0 Å². The number of H-pyrrole nitrogens is 1. The Balaban J connectivity index is 2.10. The second kappa shape index (κ2) is 4.02. The van der Waals surface area contributed by atoms with E-state index in [1.165, 1.54) is 22.5 Å². The van der Waals surface area contributed by atoms with Crippen LogP contribution in [0.5, 0.6) is 0 Å². The van der Waals surface area contributed by atoms with E-state index in [9.17, 15) is 4.79 Å². The number of fused-ring (bicyclic) bond motifs is 1. The maximum atomic E-state index is 11.4. The lowest BCUT2D eigenvalue weighted by atomic mass is 10.4. The van der Waals surface area contributed by atoms with Crippen LogP contribution in [0.1, 0.15) is 0 Å². The van der Waals surface area contributed by atoms with Crippen LogP contribution in [0.25, 0.3) is 5.65 Å². The van der Waals surface area contributed by atoms with Gasteiger partial charge in [0.1, 0.15) is 6.33 Å². The Morgan fingerprint density at radius 2 is 2.06 bits per heavy atom. The molecule has 84 valence electrons. The van der Waals surface area contributed by atoms with Crippen molar-refractivity contribution in [1.29, 1.82) is 0 Å². The molecule has 0 saturated heterocycles. The van der Waals surface area contributed by atoms with Crippen LogP contribution < -0.4 is 5.69 Å². The van der Waals surface area contributed by atoms with Gasteiger partial charge in [-0.05, 0) is 12.1 Å². The minimum absolute atomic E-state index is 0.345. The van der Waals surface area contributed by atoms with E-state index in [2.05, 4.69) is 20.4 Å². The van der Waals surface area contributed by atoms with Crippen LogP contribution in [0.3, 0.4) is 0 Å². The topological polar surface area (TPSA) is 75.9 Å². The standard InChI is InChI=1S/C10H7N5OS/c16-10-14-13-9(8-12-11-6-15(8)10)17-7-4-2-1-3-5-7/h1-6H,(H,14,16). The van der Waals surface area contributed by atoms with Crippen LogP contribution in [-0.2, 0) is 0 Å². The largest absolute Gasteiger partial charge is 0.349 e. The van der Waals surface area contributed by atoms with Gasteiger partial charge in [-0.2, -0.15) is 5.10 Å². The van der Waals surface area contributed by atoms with Gasteiger partial charge in [0, 0.05) is 4.90 Å². The SMILES string of the molecule is O=c1[nH]nc(Sc2ccccc2)c2nncn12. The Morgan fingerprint density at radius 3 is 2.88 bits per heavy atom. The molecule has 1 N–H and O–H groups in total. The Morgan fingerprint density at radius 1 is 1.24 bits per heavy atom. The van der Waals surface area contributed by atoms with Crippen LogP contribution in [0.15, 0.2) is 51.4 Å². The second-order valence-corrected chi connectivity index (χ2v) is 4.34. The number of aromatic nitrogens is 5. The Bertz CT molecular complexity index is 705. The van der Waals surface area contributed by atoms with Crippen molar-refractivity contribution in [2.24, 2.45) is 0 Å². The van der Waals surface area contributed by atoms with Crippen molar-refractivity contribution in [2.75, 3.05) is 0 Å². The molecule has 0 bridgehead atoms. The van der Waals surface area contributed by atoms with E-state index in [-0.39, 0.29) is 5.69 Å². The molecule has 1 aromatic carbocycles. The highest BCUT2D eigenvalue weighted by molar-refractivity contribution is 7.99. The number of nitrogens with one attached hydrogen (secondary N) is 1. The van der Waals surface area contributed by atoms with Gasteiger partial charge in [-0.3, -0.25) is 0 Å². The molecule has 2 aromatic heterocycles. The summed E-state index contributed by atoms with van der Waals surface area (Å²) in [5.41, 5.74) is 0.116. The highest BCUT2D eigenvalue weighted by Crippen LogP contribution is 2.26. The monoisotopic (exact) mass is 245 g/mol. The van der Waals surface area contributed by atoms with Crippen LogP contribution in [0, 0.1) is 0 Å². The summed E-state index contributed by atoms with van der Waals surface area (Å²) < 4.78 is 1.33. The molecule has 7 heteroatoms. The van der Waals surface area contributed by atoms with Gasteiger partial charge in [-0.15, -0.1) is 10.2 Å². The van der Waals surface area contributed by atoms with Crippen molar-refractivity contribution >= 4 is 17.4 Å². The van der Waals surface area contributed by atoms with E-state index in [0.29, 0.717) is 10.7 Å². The number of aromatic amines is 1. The normalized spacial score (nSPS) is 10.8. The second-order valence-electron chi connectivity index (χ2n) is 3.27. The third-order valence-corrected chi connectivity index (χ3v) is 3.14. The predicted octanol–water partition coefficient (Wildman–Crippen LogP) is 0.964. The quantitative estimate of drug-likeness (QED) is 0.727. The first-order valence-electron chi connectivity index (χ1n) is 4.86. The zero-order chi connectivity index (χ0) is 11.7. The molecule has 0 aliphatic carbocycles. The van der Waals surface area contributed by atoms with E-state index in [1.54, 1.807) is 0 Å². The molecule has 0 radical (unpaired) electrons. The Hall–Kier alpha value is -2.15. The average Bonchev–Trinajstić information content (AvgIpc) is 2.84. The van der Waals surface area contributed by atoms with Crippen molar-refractivity contribution in [3.8, 4) is 0 Å². The zero-order valence-corrected chi connectivity index (χ0v) is 9.39. The summed E-state index contributed by atoms with van der Waals surface area (Å²) in [6.45, 7) is 0. The Kier molecular flexibility index (Phi) is 2.37. The van der Waals surface area contributed by atoms with Crippen molar-refractivity contribution in [3.05, 3.63) is 47.1 Å². The van der Waals surface area contributed by atoms with Gasteiger partial charge in [-0.25, -0.2) is 14.3 Å². The molecule has 0 atom stereocenters. The molecule has 0 spiro atoms. The van der Waals surface area contributed by atoms with E-state index in [4.69, 9.17) is 0 Å². The van der Waals surface area contributed by atoms with Crippen LogP contribution >= 0.6 is 11.8 Å². The first kappa shape index (κ1) is 10.0. The first-order valence-corrected chi connectivity index (χ1v) is 5.67. The molecular formula is C10H7N5OS. The predicted molar refractivity (Wildman–Crippen MR) is 62.0 cm³/mol. The lowest BCUT2D eigenvalue weighted by molar-refractivity contribution is 0.823. The Labute approximate surface area is 99.7 Å².